The molecule has 0 aliphatic carbocycles. The smallest absolute Gasteiger partial charge is 0.415 e. The van der Waals surface area contributed by atoms with Crippen LogP contribution in [0, 0.1) is 0 Å². The minimum absolute atomic E-state index is 0.151. The van der Waals surface area contributed by atoms with E-state index in [2.05, 4.69) is 4.74 Å². The monoisotopic (exact) mass is 395 g/mol. The van der Waals surface area contributed by atoms with Crippen LogP contribution in [0.1, 0.15) is 40.1 Å². The van der Waals surface area contributed by atoms with Crippen LogP contribution in [0.5, 0.6) is 11.5 Å². The predicted molar refractivity (Wildman–Crippen MR) is 106 cm³/mol. The van der Waals surface area contributed by atoms with Crippen molar-refractivity contribution in [2.45, 2.75) is 13.8 Å². The molecular weight excluding hydrogens is 374 g/mol. The second-order valence-corrected chi connectivity index (χ2v) is 6.25. The largest absolute Gasteiger partial charge is 0.465 e. The summed E-state index contributed by atoms with van der Waals surface area (Å²) in [6.07, 6.45) is 1.13. The topological polar surface area (TPSA) is 82.1 Å². The van der Waals surface area contributed by atoms with Gasteiger partial charge in [0.15, 0.2) is 5.76 Å². The van der Waals surface area contributed by atoms with Crippen LogP contribution in [0.3, 0.4) is 0 Å². The number of hydrogen-bond donors (Lipinski definition) is 0. The number of carbonyl (C=O) groups is 3. The number of allylic oxidation sites excluding steroid dienone is 1. The van der Waals surface area contributed by atoms with E-state index in [4.69, 9.17) is 9.47 Å². The van der Waals surface area contributed by atoms with Gasteiger partial charge in [0.2, 0.25) is 5.78 Å². The van der Waals surface area contributed by atoms with Crippen molar-refractivity contribution in [1.82, 2.24) is 4.90 Å². The van der Waals surface area contributed by atoms with E-state index in [-0.39, 0.29) is 11.5 Å². The van der Waals surface area contributed by atoms with Gasteiger partial charge < -0.3 is 19.1 Å². The summed E-state index contributed by atoms with van der Waals surface area (Å²) in [6.45, 7) is 4.81. The highest BCUT2D eigenvalue weighted by Crippen LogP contribution is 2.35. The van der Waals surface area contributed by atoms with Gasteiger partial charge in [-0.2, -0.15) is 0 Å². The first-order valence-corrected chi connectivity index (χ1v) is 9.20. The number of carbonyl (C=O) groups excluding carboxylic acids is 3. The predicted octanol–water partition coefficient (Wildman–Crippen LogP) is 3.93. The van der Waals surface area contributed by atoms with Gasteiger partial charge in [-0.25, -0.2) is 9.59 Å². The first-order chi connectivity index (χ1) is 14.0. The number of ketones is 1. The molecule has 0 saturated carbocycles. The summed E-state index contributed by atoms with van der Waals surface area (Å²) >= 11 is 0. The minimum Gasteiger partial charge on any atom is -0.465 e. The van der Waals surface area contributed by atoms with Crippen LogP contribution in [-0.2, 0) is 4.74 Å². The molecule has 7 nitrogen and oxygen atoms in total. The lowest BCUT2D eigenvalue weighted by molar-refractivity contribution is 0.0600. The van der Waals surface area contributed by atoms with Crippen LogP contribution < -0.4 is 9.47 Å². The third-order valence-corrected chi connectivity index (χ3v) is 4.50. The van der Waals surface area contributed by atoms with Crippen LogP contribution in [-0.4, -0.2) is 42.9 Å². The number of fused-ring (bicyclic) bond motifs is 1. The van der Waals surface area contributed by atoms with Crippen LogP contribution in [0.2, 0.25) is 0 Å². The number of rotatable bonds is 5. The molecule has 1 aliphatic rings. The van der Waals surface area contributed by atoms with Crippen molar-refractivity contribution in [1.29, 1.82) is 0 Å². The van der Waals surface area contributed by atoms with Gasteiger partial charge in [0.05, 0.1) is 18.2 Å². The zero-order chi connectivity index (χ0) is 21.0. The van der Waals surface area contributed by atoms with Gasteiger partial charge in [-0.15, -0.1) is 0 Å². The summed E-state index contributed by atoms with van der Waals surface area (Å²) in [7, 11) is 1.31. The Bertz CT molecular complexity index is 973. The summed E-state index contributed by atoms with van der Waals surface area (Å²) < 4.78 is 15.7. The first kappa shape index (κ1) is 20.1. The Morgan fingerprint density at radius 1 is 1.07 bits per heavy atom. The molecule has 0 radical (unpaired) electrons. The van der Waals surface area contributed by atoms with Crippen molar-refractivity contribution in [3.8, 4) is 11.5 Å². The molecule has 3 rings (SSSR count). The van der Waals surface area contributed by atoms with Gasteiger partial charge in [-0.05, 0) is 49.8 Å². The molecule has 2 aromatic carbocycles. The molecule has 0 aromatic heterocycles. The quantitative estimate of drug-likeness (QED) is 0.564. The molecule has 0 spiro atoms. The number of esters is 1. The standard InChI is InChI=1S/C22H21NO6/c1-4-23(5-2)22(26)28-16-10-11-17-18(13-16)29-19(20(17)24)12-14-6-8-15(9-7-14)21(25)27-3/h6-13H,4-5H2,1-3H3. The molecule has 1 aliphatic heterocycles. The number of amides is 1. The highest BCUT2D eigenvalue weighted by Gasteiger charge is 2.28. The second kappa shape index (κ2) is 8.60. The van der Waals surface area contributed by atoms with Crippen LogP contribution in [0.4, 0.5) is 4.79 Å². The number of ether oxygens (including phenoxy) is 3. The highest BCUT2D eigenvalue weighted by molar-refractivity contribution is 6.14. The maximum absolute atomic E-state index is 12.6. The van der Waals surface area contributed by atoms with Crippen molar-refractivity contribution in [2.24, 2.45) is 0 Å². The first-order valence-electron chi connectivity index (χ1n) is 9.20. The molecule has 2 aromatic rings. The molecule has 150 valence electrons. The Balaban J connectivity index is 1.77. The summed E-state index contributed by atoms with van der Waals surface area (Å²) in [5.74, 6) is 0.0858. The Labute approximate surface area is 168 Å². The lowest BCUT2D eigenvalue weighted by atomic mass is 10.1. The van der Waals surface area contributed by atoms with Gasteiger partial charge in [0.1, 0.15) is 11.5 Å². The third-order valence-electron chi connectivity index (χ3n) is 4.50. The molecule has 0 fully saturated rings. The van der Waals surface area contributed by atoms with E-state index in [0.29, 0.717) is 41.3 Å². The molecule has 0 bridgehead atoms. The third kappa shape index (κ3) is 4.29. The molecule has 29 heavy (non-hydrogen) atoms. The average molecular weight is 395 g/mol. The van der Waals surface area contributed by atoms with Crippen LogP contribution in [0.25, 0.3) is 6.08 Å². The van der Waals surface area contributed by atoms with Gasteiger partial charge in [-0.1, -0.05) is 12.1 Å². The maximum Gasteiger partial charge on any atom is 0.415 e. The minimum atomic E-state index is -0.458. The second-order valence-electron chi connectivity index (χ2n) is 6.25. The van der Waals surface area contributed by atoms with Crippen molar-refractivity contribution in [3.05, 3.63) is 64.9 Å². The summed E-state index contributed by atoms with van der Waals surface area (Å²) in [5.41, 5.74) is 1.50. The number of Topliss-reactive ketones (excluding diaryl/α,β-unsaturated/α-hetero) is 1. The molecule has 0 unspecified atom stereocenters. The van der Waals surface area contributed by atoms with E-state index in [9.17, 15) is 14.4 Å². The fourth-order valence-electron chi connectivity index (χ4n) is 2.86. The lowest BCUT2D eigenvalue weighted by Gasteiger charge is -2.17. The Kier molecular flexibility index (Phi) is 5.97. The molecule has 1 amide bonds. The zero-order valence-electron chi connectivity index (χ0n) is 16.4. The van der Waals surface area contributed by atoms with E-state index < -0.39 is 12.1 Å². The number of nitrogens with zero attached hydrogens (tertiary/aromatic N) is 1. The fourth-order valence-corrected chi connectivity index (χ4v) is 2.86. The van der Waals surface area contributed by atoms with Crippen molar-refractivity contribution < 1.29 is 28.6 Å². The van der Waals surface area contributed by atoms with Gasteiger partial charge in [0.25, 0.3) is 0 Å². The van der Waals surface area contributed by atoms with Crippen molar-refractivity contribution in [3.63, 3.8) is 0 Å². The zero-order valence-corrected chi connectivity index (χ0v) is 16.4. The van der Waals surface area contributed by atoms with E-state index in [1.165, 1.54) is 13.2 Å². The maximum atomic E-state index is 12.6. The Morgan fingerprint density at radius 3 is 2.38 bits per heavy atom. The van der Waals surface area contributed by atoms with E-state index in [1.807, 2.05) is 13.8 Å². The summed E-state index contributed by atoms with van der Waals surface area (Å²) in [4.78, 5) is 37.7. The Hall–Kier alpha value is -3.61. The number of methoxy groups -OCH3 is 1. The summed E-state index contributed by atoms with van der Waals surface area (Å²) in [6, 6.07) is 11.3. The van der Waals surface area contributed by atoms with Gasteiger partial charge in [0, 0.05) is 19.2 Å². The SMILES string of the molecule is CCN(CC)C(=O)Oc1ccc2c(c1)OC(=Cc1ccc(C(=O)OC)cc1)C2=O. The van der Waals surface area contributed by atoms with Gasteiger partial charge >= 0.3 is 12.1 Å². The molecule has 0 saturated heterocycles. The molecule has 1 heterocycles. The van der Waals surface area contributed by atoms with E-state index >= 15 is 0 Å². The van der Waals surface area contributed by atoms with Crippen molar-refractivity contribution >= 4 is 23.9 Å². The average Bonchev–Trinajstić information content (AvgIpc) is 3.03. The number of hydrogen-bond acceptors (Lipinski definition) is 6. The lowest BCUT2D eigenvalue weighted by Crippen LogP contribution is -2.33. The molecule has 0 N–H and O–H groups in total. The van der Waals surface area contributed by atoms with Gasteiger partial charge in [-0.3, -0.25) is 4.79 Å². The van der Waals surface area contributed by atoms with Crippen molar-refractivity contribution in [2.75, 3.05) is 20.2 Å². The molecular formula is C22H21NO6. The summed E-state index contributed by atoms with van der Waals surface area (Å²) in [5, 5.41) is 0. The highest BCUT2D eigenvalue weighted by atomic mass is 16.6. The fraction of sp³-hybridized carbons (Fsp3) is 0.227. The molecule has 7 heteroatoms. The molecule has 0 atom stereocenters. The van der Waals surface area contributed by atoms with E-state index in [0.717, 1.165) is 0 Å². The number of benzene rings is 2. The normalized spacial score (nSPS) is 13.6. The van der Waals surface area contributed by atoms with Crippen LogP contribution >= 0.6 is 0 Å². The van der Waals surface area contributed by atoms with E-state index in [1.54, 1.807) is 47.4 Å². The Morgan fingerprint density at radius 2 is 1.76 bits per heavy atom. The van der Waals surface area contributed by atoms with Crippen LogP contribution in [0.15, 0.2) is 48.2 Å².